The third-order valence-corrected chi connectivity index (χ3v) is 5.67. The van der Waals surface area contributed by atoms with Gasteiger partial charge in [0.1, 0.15) is 17.1 Å². The summed E-state index contributed by atoms with van der Waals surface area (Å²) in [6.07, 6.45) is 0.00746. The summed E-state index contributed by atoms with van der Waals surface area (Å²) in [6, 6.07) is 12.5. The molecule has 1 aliphatic rings. The maximum Gasteiger partial charge on any atom is 0.340 e. The van der Waals surface area contributed by atoms with E-state index in [9.17, 15) is 14.7 Å². The van der Waals surface area contributed by atoms with E-state index in [1.165, 1.54) is 6.07 Å². The van der Waals surface area contributed by atoms with Crippen LogP contribution < -0.4 is 15.3 Å². The van der Waals surface area contributed by atoms with Gasteiger partial charge in [-0.3, -0.25) is 4.79 Å². The minimum absolute atomic E-state index is 0.00746. The van der Waals surface area contributed by atoms with Crippen LogP contribution in [-0.2, 0) is 11.2 Å². The van der Waals surface area contributed by atoms with Crippen LogP contribution in [0.4, 0.5) is 5.69 Å². The van der Waals surface area contributed by atoms with Gasteiger partial charge in [0.25, 0.3) is 0 Å². The van der Waals surface area contributed by atoms with Crippen molar-refractivity contribution in [1.82, 2.24) is 4.90 Å². The second kappa shape index (κ2) is 8.10. The van der Waals surface area contributed by atoms with Crippen molar-refractivity contribution in [3.8, 4) is 11.5 Å². The van der Waals surface area contributed by atoms with Crippen LogP contribution in [-0.4, -0.2) is 49.2 Å². The van der Waals surface area contributed by atoms with Gasteiger partial charge in [0.2, 0.25) is 5.91 Å². The molecule has 0 unspecified atom stereocenters. The third-order valence-electron chi connectivity index (χ3n) is 5.67. The number of hydrogen-bond donors (Lipinski definition) is 1. The molecule has 1 aliphatic heterocycles. The monoisotopic (exact) mass is 408 g/mol. The second-order valence-electron chi connectivity index (χ2n) is 7.42. The van der Waals surface area contributed by atoms with Gasteiger partial charge in [0, 0.05) is 43.3 Å². The fourth-order valence-corrected chi connectivity index (χ4v) is 3.86. The molecule has 1 aromatic heterocycles. The predicted molar refractivity (Wildman–Crippen MR) is 114 cm³/mol. The highest BCUT2D eigenvalue weighted by molar-refractivity contribution is 5.85. The molecule has 7 heteroatoms. The number of methoxy groups -OCH3 is 1. The topological polar surface area (TPSA) is 83.2 Å². The lowest BCUT2D eigenvalue weighted by molar-refractivity contribution is -0.130. The standard InChI is InChI=1S/C23H24N2O5/c1-15-19-8-5-17(26)13-21(19)30-23(28)20(15)14-22(27)25-11-9-24(10-12-25)16-3-6-18(29-2)7-4-16/h3-8,13,26H,9-12,14H2,1-2H3. The number of aromatic hydroxyl groups is 1. The molecule has 1 fully saturated rings. The van der Waals surface area contributed by atoms with E-state index in [0.29, 0.717) is 29.8 Å². The number of aryl methyl sites for hydroxylation is 1. The Balaban J connectivity index is 1.45. The first-order chi connectivity index (χ1) is 14.5. The molecule has 1 N–H and O–H groups in total. The van der Waals surface area contributed by atoms with Crippen molar-refractivity contribution < 1.29 is 19.1 Å². The number of piperazine rings is 1. The molecule has 30 heavy (non-hydrogen) atoms. The van der Waals surface area contributed by atoms with Crippen molar-refractivity contribution in [2.45, 2.75) is 13.3 Å². The van der Waals surface area contributed by atoms with E-state index in [2.05, 4.69) is 4.90 Å². The molecule has 0 bridgehead atoms. The summed E-state index contributed by atoms with van der Waals surface area (Å²) < 4.78 is 10.5. The van der Waals surface area contributed by atoms with Gasteiger partial charge in [-0.2, -0.15) is 0 Å². The fourth-order valence-electron chi connectivity index (χ4n) is 3.86. The zero-order chi connectivity index (χ0) is 21.3. The van der Waals surface area contributed by atoms with Crippen LogP contribution in [0.25, 0.3) is 11.0 Å². The molecule has 0 saturated carbocycles. The molecule has 1 amide bonds. The van der Waals surface area contributed by atoms with Crippen molar-refractivity contribution in [2.75, 3.05) is 38.2 Å². The summed E-state index contributed by atoms with van der Waals surface area (Å²) in [4.78, 5) is 29.3. The maximum atomic E-state index is 12.9. The highest BCUT2D eigenvalue weighted by Gasteiger charge is 2.24. The summed E-state index contributed by atoms with van der Waals surface area (Å²) in [5, 5.41) is 10.3. The molecule has 7 nitrogen and oxygen atoms in total. The summed E-state index contributed by atoms with van der Waals surface area (Å²) in [5.41, 5.74) is 1.97. The van der Waals surface area contributed by atoms with Gasteiger partial charge in [-0.15, -0.1) is 0 Å². The summed E-state index contributed by atoms with van der Waals surface area (Å²) >= 11 is 0. The zero-order valence-electron chi connectivity index (χ0n) is 17.1. The molecule has 2 heterocycles. The Bertz CT molecular complexity index is 1130. The molecule has 4 rings (SSSR count). The van der Waals surface area contributed by atoms with E-state index in [-0.39, 0.29) is 18.1 Å². The average Bonchev–Trinajstić information content (AvgIpc) is 2.76. The van der Waals surface area contributed by atoms with Crippen LogP contribution in [0.3, 0.4) is 0 Å². The Morgan fingerprint density at radius 1 is 1.10 bits per heavy atom. The number of benzene rings is 2. The summed E-state index contributed by atoms with van der Waals surface area (Å²) in [5.74, 6) is 0.758. The number of carbonyl (C=O) groups is 1. The molecule has 1 saturated heterocycles. The van der Waals surface area contributed by atoms with E-state index >= 15 is 0 Å². The van der Waals surface area contributed by atoms with Crippen LogP contribution in [0.2, 0.25) is 0 Å². The molecule has 156 valence electrons. The third kappa shape index (κ3) is 3.83. The number of phenols is 1. The molecule has 0 aliphatic carbocycles. The number of hydrogen-bond acceptors (Lipinski definition) is 6. The molecular weight excluding hydrogens is 384 g/mol. The maximum absolute atomic E-state index is 12.9. The number of anilines is 1. The van der Waals surface area contributed by atoms with E-state index in [4.69, 9.17) is 9.15 Å². The van der Waals surface area contributed by atoms with E-state index in [1.807, 2.05) is 24.3 Å². The van der Waals surface area contributed by atoms with Gasteiger partial charge < -0.3 is 24.1 Å². The smallest absolute Gasteiger partial charge is 0.340 e. The largest absolute Gasteiger partial charge is 0.508 e. The first-order valence-corrected chi connectivity index (χ1v) is 9.88. The lowest BCUT2D eigenvalue weighted by Crippen LogP contribution is -2.49. The van der Waals surface area contributed by atoms with Crippen molar-refractivity contribution in [2.24, 2.45) is 0 Å². The van der Waals surface area contributed by atoms with Crippen molar-refractivity contribution >= 4 is 22.6 Å². The van der Waals surface area contributed by atoms with Crippen LogP contribution >= 0.6 is 0 Å². The minimum Gasteiger partial charge on any atom is -0.508 e. The Labute approximate surface area is 174 Å². The SMILES string of the molecule is COc1ccc(N2CCN(C(=O)Cc3c(C)c4ccc(O)cc4oc3=O)CC2)cc1. The van der Waals surface area contributed by atoms with Gasteiger partial charge in [-0.05, 0) is 48.9 Å². The average molecular weight is 408 g/mol. The number of ether oxygens (including phenoxy) is 1. The highest BCUT2D eigenvalue weighted by atomic mass is 16.5. The quantitative estimate of drug-likeness (QED) is 0.669. The summed E-state index contributed by atoms with van der Waals surface area (Å²) in [7, 11) is 1.64. The van der Waals surface area contributed by atoms with E-state index < -0.39 is 5.63 Å². The minimum atomic E-state index is -0.532. The highest BCUT2D eigenvalue weighted by Crippen LogP contribution is 2.24. The number of phenolic OH excluding ortho intramolecular Hbond substituents is 1. The molecule has 0 atom stereocenters. The Hall–Kier alpha value is -3.48. The Morgan fingerprint density at radius 2 is 1.80 bits per heavy atom. The van der Waals surface area contributed by atoms with Crippen molar-refractivity contribution in [1.29, 1.82) is 0 Å². The Morgan fingerprint density at radius 3 is 2.47 bits per heavy atom. The predicted octanol–water partition coefficient (Wildman–Crippen LogP) is 2.71. The molecule has 2 aromatic carbocycles. The van der Waals surface area contributed by atoms with Crippen LogP contribution in [0.5, 0.6) is 11.5 Å². The lowest BCUT2D eigenvalue weighted by Gasteiger charge is -2.36. The lowest BCUT2D eigenvalue weighted by atomic mass is 10.0. The van der Waals surface area contributed by atoms with E-state index in [0.717, 1.165) is 29.9 Å². The van der Waals surface area contributed by atoms with Crippen LogP contribution in [0.1, 0.15) is 11.1 Å². The van der Waals surface area contributed by atoms with E-state index in [1.54, 1.807) is 31.1 Å². The molecular formula is C23H24N2O5. The number of nitrogens with zero attached hydrogens (tertiary/aromatic N) is 2. The number of rotatable bonds is 4. The van der Waals surface area contributed by atoms with Gasteiger partial charge in [0.05, 0.1) is 19.1 Å². The van der Waals surface area contributed by atoms with Gasteiger partial charge in [-0.1, -0.05) is 0 Å². The zero-order valence-corrected chi connectivity index (χ0v) is 17.1. The second-order valence-corrected chi connectivity index (χ2v) is 7.42. The van der Waals surface area contributed by atoms with Crippen LogP contribution in [0.15, 0.2) is 51.7 Å². The molecule has 0 radical (unpaired) electrons. The fraction of sp³-hybridized carbons (Fsp3) is 0.304. The first kappa shape index (κ1) is 19.8. The van der Waals surface area contributed by atoms with Gasteiger partial charge in [0.15, 0.2) is 0 Å². The number of fused-ring (bicyclic) bond motifs is 1. The Kier molecular flexibility index (Phi) is 5.35. The first-order valence-electron chi connectivity index (χ1n) is 9.88. The van der Waals surface area contributed by atoms with Crippen molar-refractivity contribution in [3.63, 3.8) is 0 Å². The summed E-state index contributed by atoms with van der Waals surface area (Å²) in [6.45, 7) is 4.44. The molecule has 3 aromatic rings. The van der Waals surface area contributed by atoms with Crippen molar-refractivity contribution in [3.05, 3.63) is 64.0 Å². The number of amides is 1. The normalized spacial score (nSPS) is 14.2. The van der Waals surface area contributed by atoms with Crippen LogP contribution in [0, 0.1) is 6.92 Å². The van der Waals surface area contributed by atoms with Gasteiger partial charge >= 0.3 is 5.63 Å². The van der Waals surface area contributed by atoms with Gasteiger partial charge in [-0.25, -0.2) is 4.79 Å². The molecule has 0 spiro atoms. The number of carbonyl (C=O) groups excluding carboxylic acids is 1.